The summed E-state index contributed by atoms with van der Waals surface area (Å²) in [7, 11) is 3.61. The number of ether oxygens (including phenoxy) is 4. The zero-order chi connectivity index (χ0) is 60.1. The van der Waals surface area contributed by atoms with Crippen LogP contribution >= 0.6 is 10.7 Å². The van der Waals surface area contributed by atoms with E-state index in [1.807, 2.05) is 27.7 Å². The summed E-state index contributed by atoms with van der Waals surface area (Å²) >= 11 is 0. The Balaban J connectivity index is 0.000000185. The van der Waals surface area contributed by atoms with Crippen molar-refractivity contribution in [2.24, 2.45) is 10.1 Å². The lowest BCUT2D eigenvalue weighted by Crippen LogP contribution is -2.63. The number of pyridine rings is 2. The van der Waals surface area contributed by atoms with Gasteiger partial charge in [0.25, 0.3) is 24.2 Å². The van der Waals surface area contributed by atoms with Crippen LogP contribution in [0.15, 0.2) is 76.2 Å². The third-order valence-electron chi connectivity index (χ3n) is 16.6. The third-order valence-corrected chi connectivity index (χ3v) is 21.2. The molecule has 3 aromatic heterocycles. The summed E-state index contributed by atoms with van der Waals surface area (Å²) in [4.78, 5) is 21.9. The van der Waals surface area contributed by atoms with Crippen LogP contribution < -0.4 is 19.6 Å². The van der Waals surface area contributed by atoms with E-state index in [1.165, 1.54) is 94.4 Å². The van der Waals surface area contributed by atoms with Gasteiger partial charge in [0.2, 0.25) is 11.8 Å². The Morgan fingerprint density at radius 1 is 0.747 bits per heavy atom. The largest absolute Gasteiger partial charge is 0.481 e. The number of amidine groups is 1. The predicted octanol–water partition coefficient (Wildman–Crippen LogP) is 11.5. The molecule has 83 heavy (non-hydrogen) atoms. The first-order chi connectivity index (χ1) is 39.2. The monoisotopic (exact) mass is 1220 g/mol. The van der Waals surface area contributed by atoms with E-state index >= 15 is 0 Å². The molecule has 25 heteroatoms. The predicted molar refractivity (Wildman–Crippen MR) is 323 cm³/mol. The third kappa shape index (κ3) is 15.1. The van der Waals surface area contributed by atoms with Crippen LogP contribution in [-0.4, -0.2) is 147 Å². The molecule has 2 spiro atoms. The van der Waals surface area contributed by atoms with E-state index in [0.717, 1.165) is 31.9 Å². The van der Waals surface area contributed by atoms with E-state index < -0.39 is 38.1 Å². The number of aliphatic imine (C=N–C) groups is 1. The Morgan fingerprint density at radius 3 is 1.80 bits per heavy atom. The number of nitrogens with one attached hydrogen (secondary N) is 1. The van der Waals surface area contributed by atoms with E-state index in [9.17, 15) is 25.6 Å². The van der Waals surface area contributed by atoms with Gasteiger partial charge in [0.1, 0.15) is 30.0 Å². The van der Waals surface area contributed by atoms with E-state index in [0.29, 0.717) is 81.9 Å². The molecule has 7 heterocycles. The lowest BCUT2D eigenvalue weighted by Gasteiger charge is -2.54. The van der Waals surface area contributed by atoms with Crippen molar-refractivity contribution in [3.8, 4) is 45.8 Å². The Labute approximate surface area is 493 Å². The number of hydrazone groups is 1. The summed E-state index contributed by atoms with van der Waals surface area (Å²) < 4.78 is 105. The number of hydrogen-bond donors (Lipinski definition) is 1. The van der Waals surface area contributed by atoms with E-state index in [1.54, 1.807) is 34.8 Å². The minimum absolute atomic E-state index is 0.0200. The minimum atomic E-state index is -4.24. The van der Waals surface area contributed by atoms with Crippen LogP contribution in [0.5, 0.6) is 23.5 Å². The topological polar surface area (TPSA) is 208 Å². The molecule has 0 unspecified atom stereocenters. The number of sulfonamides is 1. The van der Waals surface area contributed by atoms with Gasteiger partial charge in [-0.15, -0.1) is 5.10 Å². The van der Waals surface area contributed by atoms with Crippen LogP contribution in [-0.2, 0) is 30.5 Å². The van der Waals surface area contributed by atoms with Crippen LogP contribution in [0, 0.1) is 11.6 Å². The average molecular weight is 1230 g/mol. The van der Waals surface area contributed by atoms with Crippen molar-refractivity contribution in [2.45, 2.75) is 152 Å². The molecule has 1 N–H and O–H groups in total. The molecule has 452 valence electrons. The van der Waals surface area contributed by atoms with Gasteiger partial charge in [0.15, 0.2) is 5.04 Å². The van der Waals surface area contributed by atoms with Gasteiger partial charge in [0.05, 0.1) is 26.3 Å². The summed E-state index contributed by atoms with van der Waals surface area (Å²) in [5.74, 6) is 0.429. The van der Waals surface area contributed by atoms with Crippen LogP contribution in [0.1, 0.15) is 115 Å². The summed E-state index contributed by atoms with van der Waals surface area (Å²) in [5, 5.41) is 7.58. The maximum absolute atomic E-state index is 14.7. The second-order valence-electron chi connectivity index (χ2n) is 23.9. The fourth-order valence-corrected chi connectivity index (χ4v) is 13.9. The number of hydrogen-bond acceptors (Lipinski definition) is 16. The molecule has 5 aliphatic rings. The molecular formula is C58H80ClF2N11O8S2Si. The molecule has 4 fully saturated rings. The maximum atomic E-state index is 14.7. The molecule has 4 aliphatic heterocycles. The van der Waals surface area contributed by atoms with Crippen molar-refractivity contribution in [1.29, 1.82) is 0 Å². The second kappa shape index (κ2) is 26.4. The quantitative estimate of drug-likeness (QED) is 0.0554. The first-order valence-electron chi connectivity index (χ1n) is 28.4. The average Bonchev–Trinajstić information content (AvgIpc) is 4.01. The van der Waals surface area contributed by atoms with Crippen LogP contribution in [0.25, 0.3) is 22.3 Å². The maximum Gasteiger partial charge on any atom is 0.323 e. The van der Waals surface area contributed by atoms with Crippen LogP contribution in [0.2, 0.25) is 25.7 Å². The molecule has 19 nitrogen and oxygen atoms in total. The molecule has 1 aliphatic carbocycles. The summed E-state index contributed by atoms with van der Waals surface area (Å²) in [6.07, 6.45) is 14.8. The molecule has 3 saturated heterocycles. The number of rotatable bonds is 16. The van der Waals surface area contributed by atoms with Crippen LogP contribution in [0.4, 0.5) is 14.5 Å². The van der Waals surface area contributed by atoms with Crippen molar-refractivity contribution in [3.05, 3.63) is 83.7 Å². The first kappa shape index (κ1) is 63.5. The smallest absolute Gasteiger partial charge is 0.323 e. The van der Waals surface area contributed by atoms with E-state index in [-0.39, 0.29) is 53.1 Å². The standard InChI is InChI=1S/C26H33FN6O3S.C23H30ClFN4O5SSi.C9H17N/c1-17(2)20-14-19(27)15-21(18-5-9-28-23(13-18)36-4)25(20)29-22-16-24(31-30-22)37(34,35)33-11-7-26(8-12-33)6-10-32(26)3;1-15(2)18-12-17(25)13-19(16-7-8-26-20(11-16)32-3)21(18)34-23-27-22(35(24,30)31)28-29(23)14-33-9-10-36(4,5)6;1-10-8-7-9(10)5-3-2-4-6-9/h5,9,13-15,17H,6-8,10-12,16H2,1-4H3,(H,29,30);7-8,11-13,15H,9-10,14H2,1-6H3;2-8H2,1H3. The summed E-state index contributed by atoms with van der Waals surface area (Å²) in [5.41, 5.74) is 7.74. The fraction of sp³-hybridized carbons (Fsp3) is 0.552. The van der Waals surface area contributed by atoms with Crippen molar-refractivity contribution < 1.29 is 44.6 Å². The molecule has 10 rings (SSSR count). The van der Waals surface area contributed by atoms with Crippen molar-refractivity contribution in [2.75, 3.05) is 61.1 Å². The van der Waals surface area contributed by atoms with E-state index in [4.69, 9.17) is 34.6 Å². The SMILES string of the molecule is CN1CCC12CCCCC2.COc1cc(-c2cc(F)cc(C(C)C)c2N=C2CC(S(=O)(=O)N3CCC4(CCN4C)CC3)=NN2)ccn1.COc1cc(-c2cc(F)cc(C(C)C)c2Oc2nc(S(=O)(=O)Cl)nn2COCC[Si](C)(C)C)ccn1. The molecular weight excluding hydrogens is 1140 g/mol. The van der Waals surface area contributed by atoms with Gasteiger partial charge in [-0.3, -0.25) is 5.43 Å². The zero-order valence-corrected chi connectivity index (χ0v) is 53.0. The molecule has 0 atom stereocenters. The highest BCUT2D eigenvalue weighted by atomic mass is 35.7. The molecule has 2 aromatic carbocycles. The number of piperidine rings is 1. The Hall–Kier alpha value is -5.47. The summed E-state index contributed by atoms with van der Waals surface area (Å²) in [6, 6.07) is 13.2. The Morgan fingerprint density at radius 2 is 1.29 bits per heavy atom. The van der Waals surface area contributed by atoms with Crippen molar-refractivity contribution in [1.82, 2.24) is 44.3 Å². The molecule has 0 amide bonds. The fourth-order valence-electron chi connectivity index (χ4n) is 11.1. The van der Waals surface area contributed by atoms with Crippen molar-refractivity contribution in [3.63, 3.8) is 0 Å². The van der Waals surface area contributed by atoms with Gasteiger partial charge in [-0.05, 0) is 124 Å². The van der Waals surface area contributed by atoms with Gasteiger partial charge in [0, 0.05) is 104 Å². The minimum Gasteiger partial charge on any atom is -0.481 e. The zero-order valence-electron chi connectivity index (χ0n) is 49.6. The highest BCUT2D eigenvalue weighted by molar-refractivity contribution is 8.13. The number of halogens is 3. The second-order valence-corrected chi connectivity index (χ2v) is 33.9. The number of likely N-dealkylation sites (tertiary alicyclic amines) is 2. The Bertz CT molecular complexity index is 3400. The molecule has 0 bridgehead atoms. The first-order valence-corrected chi connectivity index (χ1v) is 35.9. The molecule has 0 radical (unpaired) electrons. The summed E-state index contributed by atoms with van der Waals surface area (Å²) in [6.45, 7) is 18.1. The number of nitrogens with zero attached hydrogens (tertiary/aromatic N) is 10. The van der Waals surface area contributed by atoms with Gasteiger partial charge >= 0.3 is 6.01 Å². The normalized spacial score (nSPS) is 18.7. The Kier molecular flexibility index (Phi) is 20.2. The van der Waals surface area contributed by atoms with Gasteiger partial charge in [-0.2, -0.15) is 19.1 Å². The lowest BCUT2D eigenvalue weighted by molar-refractivity contribution is -0.0261. The van der Waals surface area contributed by atoms with E-state index in [2.05, 4.69) is 74.1 Å². The highest BCUT2D eigenvalue weighted by Gasteiger charge is 2.47. The molecule has 1 saturated carbocycles. The number of aromatic nitrogens is 5. The van der Waals surface area contributed by atoms with Crippen molar-refractivity contribution >= 4 is 54.4 Å². The van der Waals surface area contributed by atoms with Gasteiger partial charge in [-0.25, -0.2) is 40.6 Å². The van der Waals surface area contributed by atoms with Crippen LogP contribution in [0.3, 0.4) is 0 Å². The lowest BCUT2D eigenvalue weighted by atomic mass is 9.73. The number of benzene rings is 2. The highest BCUT2D eigenvalue weighted by Crippen LogP contribution is 2.44. The molecule has 5 aromatic rings. The van der Waals surface area contributed by atoms with Gasteiger partial charge < -0.3 is 28.7 Å². The number of methoxy groups -OCH3 is 2. The van der Waals surface area contributed by atoms with Gasteiger partial charge in [-0.1, -0.05) is 66.6 Å².